The van der Waals surface area contributed by atoms with Crippen LogP contribution in [0, 0.1) is 17.3 Å². The Morgan fingerprint density at radius 3 is 2.33 bits per heavy atom. The molecule has 2 atom stereocenters. The molecule has 1 aliphatic carbocycles. The molecule has 1 saturated carbocycles. The highest BCUT2D eigenvalue weighted by Gasteiger charge is 2.60. The molecule has 2 aromatic carbocycles. The number of benzene rings is 2. The molecule has 3 aromatic rings. The molecule has 5 nitrogen and oxygen atoms in total. The van der Waals surface area contributed by atoms with Crippen LogP contribution in [0.1, 0.15) is 38.2 Å². The molecule has 0 aliphatic heterocycles. The van der Waals surface area contributed by atoms with Crippen molar-refractivity contribution in [3.8, 4) is 0 Å². The lowest BCUT2D eigenvalue weighted by Crippen LogP contribution is -2.20. The van der Waals surface area contributed by atoms with E-state index in [1.54, 1.807) is 18.2 Å². The number of fused-ring (bicyclic) bond motifs is 1. The van der Waals surface area contributed by atoms with E-state index in [0.29, 0.717) is 22.3 Å². The number of allylic oxidation sites excluding steroid dienone is 2. The molecule has 0 saturated heterocycles. The van der Waals surface area contributed by atoms with Crippen LogP contribution in [-0.4, -0.2) is 11.8 Å². The van der Waals surface area contributed by atoms with Gasteiger partial charge >= 0.3 is 0 Å². The van der Waals surface area contributed by atoms with E-state index < -0.39 is 5.91 Å². The Morgan fingerprint density at radius 1 is 0.967 bits per heavy atom. The first-order chi connectivity index (χ1) is 14.3. The van der Waals surface area contributed by atoms with Crippen LogP contribution < -0.4 is 10.6 Å². The molecule has 1 aliphatic rings. The van der Waals surface area contributed by atoms with Crippen molar-refractivity contribution >= 4 is 34.2 Å². The molecular weight excluding hydrogens is 376 g/mol. The molecule has 1 aromatic heterocycles. The maximum Gasteiger partial charge on any atom is 0.293 e. The van der Waals surface area contributed by atoms with Gasteiger partial charge in [-0.25, -0.2) is 0 Å². The first-order valence-electron chi connectivity index (χ1n) is 10.1. The van der Waals surface area contributed by atoms with E-state index in [2.05, 4.69) is 30.6 Å². The summed E-state index contributed by atoms with van der Waals surface area (Å²) in [7, 11) is 0. The predicted molar refractivity (Wildman–Crippen MR) is 119 cm³/mol. The SMILES string of the molecule is CC(C)=C[C@@H]1[C@@H](C(=O)Nc2c(C(=O)Nc3ccccc3)oc3ccccc23)C1(C)C. The average Bonchev–Trinajstić information content (AvgIpc) is 3.05. The number of carbonyl (C=O) groups excluding carboxylic acids is 2. The van der Waals surface area contributed by atoms with E-state index in [0.717, 1.165) is 0 Å². The number of nitrogens with one attached hydrogen (secondary N) is 2. The van der Waals surface area contributed by atoms with Crippen molar-refractivity contribution < 1.29 is 14.0 Å². The highest BCUT2D eigenvalue weighted by atomic mass is 16.3. The zero-order valence-electron chi connectivity index (χ0n) is 17.7. The smallest absolute Gasteiger partial charge is 0.293 e. The number of hydrogen-bond acceptors (Lipinski definition) is 3. The zero-order valence-corrected chi connectivity index (χ0v) is 17.7. The average molecular weight is 402 g/mol. The second-order valence-corrected chi connectivity index (χ2v) is 8.68. The van der Waals surface area contributed by atoms with Gasteiger partial charge in [-0.3, -0.25) is 9.59 Å². The van der Waals surface area contributed by atoms with Crippen LogP contribution in [0.25, 0.3) is 11.0 Å². The Kier molecular flexibility index (Phi) is 4.98. The Morgan fingerprint density at radius 2 is 1.63 bits per heavy atom. The summed E-state index contributed by atoms with van der Waals surface area (Å²) < 4.78 is 5.84. The van der Waals surface area contributed by atoms with Crippen LogP contribution in [0.5, 0.6) is 0 Å². The van der Waals surface area contributed by atoms with Crippen LogP contribution >= 0.6 is 0 Å². The number of amides is 2. The van der Waals surface area contributed by atoms with Gasteiger partial charge in [0.25, 0.3) is 5.91 Å². The van der Waals surface area contributed by atoms with E-state index in [1.165, 1.54) is 5.57 Å². The fraction of sp³-hybridized carbons (Fsp3) is 0.280. The molecule has 0 spiro atoms. The topological polar surface area (TPSA) is 71.3 Å². The lowest BCUT2D eigenvalue weighted by Gasteiger charge is -2.08. The summed E-state index contributed by atoms with van der Waals surface area (Å²) in [5.74, 6) is -0.356. The number of carbonyl (C=O) groups is 2. The van der Waals surface area contributed by atoms with E-state index in [9.17, 15) is 9.59 Å². The maximum absolute atomic E-state index is 13.1. The number of rotatable bonds is 5. The normalized spacial score (nSPS) is 19.2. The minimum absolute atomic E-state index is 0.0946. The zero-order chi connectivity index (χ0) is 21.5. The van der Waals surface area contributed by atoms with E-state index in [-0.39, 0.29) is 28.9 Å². The molecule has 0 radical (unpaired) electrons. The highest BCUT2D eigenvalue weighted by Crippen LogP contribution is 2.59. The predicted octanol–water partition coefficient (Wildman–Crippen LogP) is 5.86. The van der Waals surface area contributed by atoms with Crippen molar-refractivity contribution in [1.82, 2.24) is 0 Å². The van der Waals surface area contributed by atoms with Gasteiger partial charge in [-0.05, 0) is 49.4 Å². The molecule has 30 heavy (non-hydrogen) atoms. The molecule has 154 valence electrons. The molecule has 0 bridgehead atoms. The minimum atomic E-state index is -0.399. The summed E-state index contributed by atoms with van der Waals surface area (Å²) >= 11 is 0. The van der Waals surface area contributed by atoms with E-state index >= 15 is 0 Å². The molecule has 1 heterocycles. The van der Waals surface area contributed by atoms with Gasteiger partial charge in [-0.15, -0.1) is 0 Å². The standard InChI is InChI=1S/C25H26N2O3/c1-15(2)14-18-20(25(18,3)4)23(28)27-21-17-12-8-9-13-19(17)30-22(21)24(29)26-16-10-6-5-7-11-16/h5-14,18,20H,1-4H3,(H,26,29)(H,27,28)/t18-,20+/m1/s1. The third-order valence-electron chi connectivity index (χ3n) is 5.79. The van der Waals surface area contributed by atoms with Crippen molar-refractivity contribution in [1.29, 1.82) is 0 Å². The van der Waals surface area contributed by atoms with Crippen LogP contribution in [0.3, 0.4) is 0 Å². The summed E-state index contributed by atoms with van der Waals surface area (Å²) in [6.07, 6.45) is 2.15. The van der Waals surface area contributed by atoms with Gasteiger partial charge in [-0.1, -0.05) is 55.8 Å². The quantitative estimate of drug-likeness (QED) is 0.525. The van der Waals surface area contributed by atoms with Crippen molar-refractivity contribution in [2.24, 2.45) is 17.3 Å². The third-order valence-corrected chi connectivity index (χ3v) is 5.79. The van der Waals surface area contributed by atoms with Gasteiger partial charge in [0.1, 0.15) is 11.3 Å². The Hall–Kier alpha value is -3.34. The second-order valence-electron chi connectivity index (χ2n) is 8.68. The molecule has 1 fully saturated rings. The summed E-state index contributed by atoms with van der Waals surface area (Å²) in [4.78, 5) is 26.1. The van der Waals surface area contributed by atoms with Crippen molar-refractivity contribution in [3.05, 3.63) is 72.0 Å². The lowest BCUT2D eigenvalue weighted by molar-refractivity contribution is -0.118. The van der Waals surface area contributed by atoms with Gasteiger partial charge in [0.2, 0.25) is 11.7 Å². The van der Waals surface area contributed by atoms with Gasteiger partial charge in [-0.2, -0.15) is 0 Å². The Balaban J connectivity index is 1.65. The van der Waals surface area contributed by atoms with Gasteiger partial charge in [0.15, 0.2) is 0 Å². The summed E-state index contributed by atoms with van der Waals surface area (Å²) in [6, 6.07) is 16.5. The second kappa shape index (κ2) is 7.48. The molecule has 0 unspecified atom stereocenters. The summed E-state index contributed by atoms with van der Waals surface area (Å²) in [5.41, 5.74) is 2.71. The molecule has 4 rings (SSSR count). The van der Waals surface area contributed by atoms with Crippen LogP contribution in [0.15, 0.2) is 70.7 Å². The monoisotopic (exact) mass is 402 g/mol. The summed E-state index contributed by atoms with van der Waals surface area (Å²) in [5, 5.41) is 6.54. The van der Waals surface area contributed by atoms with Crippen molar-refractivity contribution in [2.45, 2.75) is 27.7 Å². The van der Waals surface area contributed by atoms with Gasteiger partial charge in [0.05, 0.1) is 5.92 Å². The minimum Gasteiger partial charge on any atom is -0.449 e. The lowest BCUT2D eigenvalue weighted by atomic mass is 10.1. The largest absolute Gasteiger partial charge is 0.449 e. The fourth-order valence-corrected chi connectivity index (χ4v) is 4.09. The Bertz CT molecular complexity index is 1140. The first kappa shape index (κ1) is 20.0. The van der Waals surface area contributed by atoms with Gasteiger partial charge < -0.3 is 15.1 Å². The fourth-order valence-electron chi connectivity index (χ4n) is 4.09. The molecule has 2 N–H and O–H groups in total. The molecule has 2 amide bonds. The highest BCUT2D eigenvalue weighted by molar-refractivity contribution is 6.15. The third kappa shape index (κ3) is 3.63. The number of furan rings is 1. The maximum atomic E-state index is 13.1. The van der Waals surface area contributed by atoms with Crippen molar-refractivity contribution in [2.75, 3.05) is 10.6 Å². The van der Waals surface area contributed by atoms with Gasteiger partial charge in [0, 0.05) is 11.1 Å². The Labute approximate surface area is 176 Å². The van der Waals surface area contributed by atoms with E-state index in [1.807, 2.05) is 50.2 Å². The number of para-hydroxylation sites is 2. The van der Waals surface area contributed by atoms with E-state index in [4.69, 9.17) is 4.42 Å². The van der Waals surface area contributed by atoms with Crippen LogP contribution in [-0.2, 0) is 4.79 Å². The molecular formula is C25H26N2O3. The van der Waals surface area contributed by atoms with Crippen LogP contribution in [0.2, 0.25) is 0 Å². The summed E-state index contributed by atoms with van der Waals surface area (Å²) in [6.45, 7) is 8.27. The number of anilines is 2. The van der Waals surface area contributed by atoms with Crippen LogP contribution in [0.4, 0.5) is 11.4 Å². The number of hydrogen-bond donors (Lipinski definition) is 2. The molecule has 5 heteroatoms. The first-order valence-corrected chi connectivity index (χ1v) is 10.1. The van der Waals surface area contributed by atoms with Crippen molar-refractivity contribution in [3.63, 3.8) is 0 Å².